The Bertz CT molecular complexity index is 788. The lowest BCUT2D eigenvalue weighted by Crippen LogP contribution is -2.29. The minimum Gasteiger partial charge on any atom is -0.465 e. The molecular weight excluding hydrogens is 309 g/mol. The van der Waals surface area contributed by atoms with E-state index in [0.717, 1.165) is 24.0 Å². The van der Waals surface area contributed by atoms with Crippen LogP contribution in [0.15, 0.2) is 42.5 Å². The summed E-state index contributed by atoms with van der Waals surface area (Å²) in [6.07, 6.45) is 1.60. The number of methoxy groups -OCH3 is 1. The lowest BCUT2D eigenvalue weighted by Gasteiger charge is -2.15. The van der Waals surface area contributed by atoms with Gasteiger partial charge in [-0.15, -0.1) is 0 Å². The molecule has 24 heavy (non-hydrogen) atoms. The van der Waals surface area contributed by atoms with E-state index in [1.54, 1.807) is 30.3 Å². The molecule has 0 bridgehead atoms. The first-order valence-corrected chi connectivity index (χ1v) is 7.82. The van der Waals surface area contributed by atoms with Gasteiger partial charge in [0.2, 0.25) is 5.91 Å². The molecular formula is C19H18FNO3. The first kappa shape index (κ1) is 16.2. The van der Waals surface area contributed by atoms with E-state index < -0.39 is 5.97 Å². The Balaban J connectivity index is 1.73. The fourth-order valence-corrected chi connectivity index (χ4v) is 3.06. The third kappa shape index (κ3) is 3.30. The summed E-state index contributed by atoms with van der Waals surface area (Å²) in [6, 6.07) is 11.5. The zero-order valence-electron chi connectivity index (χ0n) is 13.3. The summed E-state index contributed by atoms with van der Waals surface area (Å²) in [5.74, 6) is -1.02. The Kier molecular flexibility index (Phi) is 4.60. The quantitative estimate of drug-likeness (QED) is 0.879. The number of halogens is 1. The van der Waals surface area contributed by atoms with Gasteiger partial charge in [0.1, 0.15) is 5.82 Å². The predicted molar refractivity (Wildman–Crippen MR) is 87.1 cm³/mol. The molecule has 0 aromatic heterocycles. The maximum atomic E-state index is 13.7. The SMILES string of the molecule is COC(=O)c1ccc2c(c1)C(NC(=O)Cc1ccccc1F)CC2. The molecule has 4 nitrogen and oxygen atoms in total. The van der Waals surface area contributed by atoms with Crippen LogP contribution in [0.2, 0.25) is 0 Å². The van der Waals surface area contributed by atoms with Gasteiger partial charge < -0.3 is 10.1 Å². The molecule has 0 aliphatic heterocycles. The molecule has 1 atom stereocenters. The predicted octanol–water partition coefficient (Wildman–Crippen LogP) is 2.96. The van der Waals surface area contributed by atoms with Gasteiger partial charge in [-0.1, -0.05) is 24.3 Å². The second-order valence-corrected chi connectivity index (χ2v) is 5.83. The average molecular weight is 327 g/mol. The molecule has 2 aromatic carbocycles. The number of esters is 1. The zero-order valence-corrected chi connectivity index (χ0v) is 13.3. The monoisotopic (exact) mass is 327 g/mol. The molecule has 0 saturated heterocycles. The number of carbonyl (C=O) groups excluding carboxylic acids is 2. The highest BCUT2D eigenvalue weighted by Gasteiger charge is 2.25. The molecule has 124 valence electrons. The summed E-state index contributed by atoms with van der Waals surface area (Å²) in [6.45, 7) is 0. The summed E-state index contributed by atoms with van der Waals surface area (Å²) in [7, 11) is 1.34. The number of amides is 1. The smallest absolute Gasteiger partial charge is 0.337 e. The molecule has 5 heteroatoms. The van der Waals surface area contributed by atoms with E-state index in [2.05, 4.69) is 5.32 Å². The van der Waals surface area contributed by atoms with Crippen molar-refractivity contribution in [3.63, 3.8) is 0 Å². The minimum atomic E-state index is -0.402. The molecule has 0 heterocycles. The number of aryl methyl sites for hydroxylation is 1. The van der Waals surface area contributed by atoms with Crippen molar-refractivity contribution in [2.24, 2.45) is 0 Å². The van der Waals surface area contributed by atoms with Crippen molar-refractivity contribution in [3.05, 3.63) is 70.5 Å². The van der Waals surface area contributed by atoms with Crippen LogP contribution in [0.1, 0.15) is 39.5 Å². The zero-order chi connectivity index (χ0) is 17.1. The highest BCUT2D eigenvalue weighted by Crippen LogP contribution is 2.32. The van der Waals surface area contributed by atoms with E-state index in [-0.39, 0.29) is 24.2 Å². The topological polar surface area (TPSA) is 55.4 Å². The van der Waals surface area contributed by atoms with Crippen LogP contribution in [-0.2, 0) is 22.4 Å². The lowest BCUT2D eigenvalue weighted by molar-refractivity contribution is -0.121. The molecule has 0 saturated carbocycles. The van der Waals surface area contributed by atoms with Gasteiger partial charge in [0.15, 0.2) is 0 Å². The van der Waals surface area contributed by atoms with Crippen molar-refractivity contribution in [2.75, 3.05) is 7.11 Å². The van der Waals surface area contributed by atoms with Crippen molar-refractivity contribution in [2.45, 2.75) is 25.3 Å². The fourth-order valence-electron chi connectivity index (χ4n) is 3.06. The van der Waals surface area contributed by atoms with Crippen LogP contribution in [-0.4, -0.2) is 19.0 Å². The Morgan fingerprint density at radius 2 is 2.04 bits per heavy atom. The molecule has 1 aliphatic rings. The van der Waals surface area contributed by atoms with Crippen LogP contribution in [0, 0.1) is 5.82 Å². The number of ether oxygens (including phenoxy) is 1. The number of hydrogen-bond acceptors (Lipinski definition) is 3. The van der Waals surface area contributed by atoms with Crippen LogP contribution >= 0.6 is 0 Å². The molecule has 0 fully saturated rings. The van der Waals surface area contributed by atoms with Crippen molar-refractivity contribution in [1.29, 1.82) is 0 Å². The maximum Gasteiger partial charge on any atom is 0.337 e. The summed E-state index contributed by atoms with van der Waals surface area (Å²) < 4.78 is 18.4. The third-order valence-corrected chi connectivity index (χ3v) is 4.29. The Morgan fingerprint density at radius 3 is 2.79 bits per heavy atom. The van der Waals surface area contributed by atoms with E-state index in [1.165, 1.54) is 13.2 Å². The van der Waals surface area contributed by atoms with Crippen molar-refractivity contribution in [1.82, 2.24) is 5.32 Å². The number of fused-ring (bicyclic) bond motifs is 1. The second kappa shape index (κ2) is 6.83. The van der Waals surface area contributed by atoms with Crippen molar-refractivity contribution in [3.8, 4) is 0 Å². The summed E-state index contributed by atoms with van der Waals surface area (Å²) in [5, 5.41) is 2.94. The number of benzene rings is 2. The minimum absolute atomic E-state index is 0.00476. The number of hydrogen-bond donors (Lipinski definition) is 1. The molecule has 1 N–H and O–H groups in total. The first-order valence-electron chi connectivity index (χ1n) is 7.82. The molecule has 1 unspecified atom stereocenters. The largest absolute Gasteiger partial charge is 0.465 e. The summed E-state index contributed by atoms with van der Waals surface area (Å²) in [4.78, 5) is 23.9. The highest BCUT2D eigenvalue weighted by atomic mass is 19.1. The van der Waals surface area contributed by atoms with Gasteiger partial charge in [-0.3, -0.25) is 4.79 Å². The standard InChI is InChI=1S/C19H18FNO3/c1-24-19(23)14-7-6-12-8-9-17(15(12)10-14)21-18(22)11-13-4-2-3-5-16(13)20/h2-7,10,17H,8-9,11H2,1H3,(H,21,22). The molecule has 1 amide bonds. The van der Waals surface area contributed by atoms with Gasteiger partial charge in [-0.05, 0) is 47.7 Å². The van der Waals surface area contributed by atoms with Gasteiger partial charge in [0.25, 0.3) is 0 Å². The summed E-state index contributed by atoms with van der Waals surface area (Å²) in [5.41, 5.74) is 2.88. The van der Waals surface area contributed by atoms with Gasteiger partial charge in [-0.25, -0.2) is 9.18 Å². The van der Waals surface area contributed by atoms with E-state index >= 15 is 0 Å². The van der Waals surface area contributed by atoms with E-state index in [1.807, 2.05) is 6.07 Å². The maximum absolute atomic E-state index is 13.7. The fraction of sp³-hybridized carbons (Fsp3) is 0.263. The van der Waals surface area contributed by atoms with Crippen LogP contribution < -0.4 is 5.32 Å². The van der Waals surface area contributed by atoms with Crippen LogP contribution in [0.4, 0.5) is 4.39 Å². The van der Waals surface area contributed by atoms with E-state index in [4.69, 9.17) is 4.74 Å². The van der Waals surface area contributed by atoms with Gasteiger partial charge in [0, 0.05) is 0 Å². The van der Waals surface area contributed by atoms with Crippen LogP contribution in [0.5, 0.6) is 0 Å². The number of rotatable bonds is 4. The number of nitrogens with one attached hydrogen (secondary N) is 1. The Hall–Kier alpha value is -2.69. The molecule has 2 aromatic rings. The number of carbonyl (C=O) groups is 2. The van der Waals surface area contributed by atoms with Gasteiger partial charge in [-0.2, -0.15) is 0 Å². The van der Waals surface area contributed by atoms with E-state index in [0.29, 0.717) is 11.1 Å². The Morgan fingerprint density at radius 1 is 1.25 bits per heavy atom. The Labute approximate surface area is 139 Å². The normalized spacial score (nSPS) is 15.7. The molecule has 1 aliphatic carbocycles. The molecule has 0 spiro atoms. The van der Waals surface area contributed by atoms with Crippen molar-refractivity contribution >= 4 is 11.9 Å². The average Bonchev–Trinajstić information content (AvgIpc) is 2.98. The molecule has 0 radical (unpaired) electrons. The van der Waals surface area contributed by atoms with E-state index in [9.17, 15) is 14.0 Å². The second-order valence-electron chi connectivity index (χ2n) is 5.83. The third-order valence-electron chi connectivity index (χ3n) is 4.29. The molecule has 3 rings (SSSR count). The highest BCUT2D eigenvalue weighted by molar-refractivity contribution is 5.89. The van der Waals surface area contributed by atoms with Crippen LogP contribution in [0.3, 0.4) is 0 Å². The lowest BCUT2D eigenvalue weighted by atomic mass is 10.0. The van der Waals surface area contributed by atoms with Crippen molar-refractivity contribution < 1.29 is 18.7 Å². The first-order chi connectivity index (χ1) is 11.6. The van der Waals surface area contributed by atoms with Gasteiger partial charge in [0.05, 0.1) is 25.1 Å². The van der Waals surface area contributed by atoms with Gasteiger partial charge >= 0.3 is 5.97 Å². The van der Waals surface area contributed by atoms with Crippen LogP contribution in [0.25, 0.3) is 0 Å². The summed E-state index contributed by atoms with van der Waals surface area (Å²) >= 11 is 0.